The molecule has 0 aromatic carbocycles. The number of amides is 5. The third-order valence-electron chi connectivity index (χ3n) is 6.71. The van der Waals surface area contributed by atoms with Crippen molar-refractivity contribution in [2.45, 2.75) is 111 Å². The van der Waals surface area contributed by atoms with Gasteiger partial charge < -0.3 is 30.9 Å². The fourth-order valence-electron chi connectivity index (χ4n) is 4.55. The van der Waals surface area contributed by atoms with E-state index in [1.54, 1.807) is 41.5 Å². The maximum atomic E-state index is 13.8. The minimum atomic E-state index is -1.05. The fourth-order valence-corrected chi connectivity index (χ4v) is 4.55. The fraction of sp³-hybridized carbons (Fsp3) is 0.733. The Balaban J connectivity index is 3.06. The molecule has 1 aliphatic heterocycles. The molecule has 0 aliphatic carbocycles. The van der Waals surface area contributed by atoms with Crippen molar-refractivity contribution in [1.29, 1.82) is 0 Å². The number of likely N-dealkylation sites (tertiary alicyclic amines) is 1. The number of unbranched alkanes of at least 4 members (excludes halogenated alkanes) is 1. The molecule has 4 N–H and O–H groups in total. The van der Waals surface area contributed by atoms with Crippen molar-refractivity contribution >= 4 is 35.5 Å². The molecule has 236 valence electrons. The molecule has 12 heteroatoms. The number of hydrogen-bond donors (Lipinski definition) is 4. The molecule has 3 unspecified atom stereocenters. The minimum absolute atomic E-state index is 0.143. The van der Waals surface area contributed by atoms with Crippen LogP contribution in [0.4, 0.5) is 4.79 Å². The van der Waals surface area contributed by atoms with Gasteiger partial charge in [0, 0.05) is 19.5 Å². The number of ether oxygens (including phenoxy) is 1. The third-order valence-corrected chi connectivity index (χ3v) is 6.71. The molecule has 0 spiro atoms. The van der Waals surface area contributed by atoms with Crippen LogP contribution in [0.2, 0.25) is 0 Å². The highest BCUT2D eigenvalue weighted by atomic mass is 16.6. The number of urea groups is 1. The highest BCUT2D eigenvalue weighted by Crippen LogP contribution is 2.29. The van der Waals surface area contributed by atoms with Crippen LogP contribution in [-0.4, -0.2) is 83.8 Å². The highest BCUT2D eigenvalue weighted by Gasteiger charge is 2.45. The number of rotatable bonds is 13. The van der Waals surface area contributed by atoms with E-state index in [4.69, 9.17) is 11.2 Å². The molecule has 1 saturated heterocycles. The SMILES string of the molecule is C#CCCNC(=O)C(=O)C(CCCC)NC(=O)[C@@H]1C(C)CCN1C(=O)C(NC(=O)NCC(=O)OC(C)(C)C)C(C)(C)C. The first-order chi connectivity index (χ1) is 19.4. The van der Waals surface area contributed by atoms with E-state index >= 15 is 0 Å². The molecule has 1 fully saturated rings. The lowest BCUT2D eigenvalue weighted by atomic mass is 9.85. The number of terminal acetylenes is 1. The zero-order chi connectivity index (χ0) is 32.3. The van der Waals surface area contributed by atoms with E-state index in [-0.39, 0.29) is 38.4 Å². The van der Waals surface area contributed by atoms with Gasteiger partial charge in [-0.1, -0.05) is 47.5 Å². The lowest BCUT2D eigenvalue weighted by Gasteiger charge is -2.36. The van der Waals surface area contributed by atoms with Crippen molar-refractivity contribution in [3.8, 4) is 12.3 Å². The Morgan fingerprint density at radius 3 is 2.21 bits per heavy atom. The zero-order valence-electron chi connectivity index (χ0n) is 26.3. The van der Waals surface area contributed by atoms with E-state index in [0.29, 0.717) is 12.8 Å². The number of carbonyl (C=O) groups excluding carboxylic acids is 6. The third kappa shape index (κ3) is 11.7. The number of carbonyl (C=O) groups is 6. The number of nitrogens with zero attached hydrogens (tertiary/aromatic N) is 1. The Hall–Kier alpha value is -3.62. The molecular weight excluding hydrogens is 542 g/mol. The normalized spacial score (nSPS) is 18.2. The Labute approximate surface area is 249 Å². The second kappa shape index (κ2) is 16.1. The van der Waals surface area contributed by atoms with Crippen LogP contribution in [0.3, 0.4) is 0 Å². The summed E-state index contributed by atoms with van der Waals surface area (Å²) in [6.07, 6.45) is 7.62. The van der Waals surface area contributed by atoms with E-state index in [1.165, 1.54) is 4.90 Å². The number of hydrogen-bond acceptors (Lipinski definition) is 7. The molecule has 12 nitrogen and oxygen atoms in total. The molecule has 0 bridgehead atoms. The van der Waals surface area contributed by atoms with Gasteiger partial charge in [-0.15, -0.1) is 12.3 Å². The second-order valence-electron chi connectivity index (χ2n) is 12.7. The van der Waals surface area contributed by atoms with Crippen molar-refractivity contribution in [3.63, 3.8) is 0 Å². The molecule has 0 radical (unpaired) electrons. The number of Topliss-reactive ketones (excluding diaryl/α,β-unsaturated/α-hetero) is 1. The Kier molecular flexibility index (Phi) is 14.0. The number of esters is 1. The quantitative estimate of drug-likeness (QED) is 0.110. The molecule has 0 aromatic rings. The topological polar surface area (TPSA) is 163 Å². The summed E-state index contributed by atoms with van der Waals surface area (Å²) in [6.45, 7) is 14.2. The molecule has 1 aliphatic rings. The average Bonchev–Trinajstić information content (AvgIpc) is 3.27. The molecule has 1 heterocycles. The summed E-state index contributed by atoms with van der Waals surface area (Å²) in [6, 6.07) is -3.72. The van der Waals surface area contributed by atoms with Crippen LogP contribution in [0.5, 0.6) is 0 Å². The van der Waals surface area contributed by atoms with E-state index < -0.39 is 64.6 Å². The largest absolute Gasteiger partial charge is 0.459 e. The summed E-state index contributed by atoms with van der Waals surface area (Å²) >= 11 is 0. The van der Waals surface area contributed by atoms with Crippen LogP contribution in [0.25, 0.3) is 0 Å². The van der Waals surface area contributed by atoms with Crippen molar-refractivity contribution in [2.75, 3.05) is 19.6 Å². The molecule has 0 saturated carbocycles. The summed E-state index contributed by atoms with van der Waals surface area (Å²) in [5.41, 5.74) is -1.46. The smallest absolute Gasteiger partial charge is 0.325 e. The summed E-state index contributed by atoms with van der Waals surface area (Å²) in [4.78, 5) is 78.8. The lowest BCUT2D eigenvalue weighted by Crippen LogP contribution is -2.60. The molecule has 4 atom stereocenters. The van der Waals surface area contributed by atoms with Crippen LogP contribution in [0, 0.1) is 23.7 Å². The van der Waals surface area contributed by atoms with Gasteiger partial charge in [0.15, 0.2) is 0 Å². The molecule has 1 rings (SSSR count). The van der Waals surface area contributed by atoms with Crippen LogP contribution < -0.4 is 21.3 Å². The first-order valence-corrected chi connectivity index (χ1v) is 14.6. The van der Waals surface area contributed by atoms with Crippen molar-refractivity contribution in [1.82, 2.24) is 26.2 Å². The Morgan fingerprint density at radius 2 is 1.67 bits per heavy atom. The van der Waals surface area contributed by atoms with Gasteiger partial charge in [0.2, 0.25) is 17.6 Å². The molecule has 42 heavy (non-hydrogen) atoms. The first kappa shape index (κ1) is 36.4. The van der Waals surface area contributed by atoms with E-state index in [1.807, 2.05) is 13.8 Å². The van der Waals surface area contributed by atoms with Gasteiger partial charge in [-0.25, -0.2) is 4.79 Å². The maximum absolute atomic E-state index is 13.8. The summed E-state index contributed by atoms with van der Waals surface area (Å²) in [7, 11) is 0. The number of ketones is 1. The zero-order valence-corrected chi connectivity index (χ0v) is 26.3. The average molecular weight is 592 g/mol. The van der Waals surface area contributed by atoms with Crippen LogP contribution in [0.15, 0.2) is 0 Å². The van der Waals surface area contributed by atoms with Crippen molar-refractivity contribution in [2.24, 2.45) is 11.3 Å². The standard InChI is InChI=1S/C30H49N5O7/c1-10-12-14-20(23(37)26(39)31-16-13-11-2)33-25(38)22-19(3)15-17-35(22)27(40)24(29(4,5)6)34-28(41)32-18-21(36)42-30(7,8)9/h2,19-20,22,24H,10,12-18H2,1,3-9H3,(H,31,39)(H,33,38)(H2,32,34,41)/t19?,20?,22-,24?/m0/s1. The first-order valence-electron chi connectivity index (χ1n) is 14.6. The molecule has 0 aromatic heterocycles. The summed E-state index contributed by atoms with van der Waals surface area (Å²) in [5.74, 6) is -1.08. The molecular formula is C30H49N5O7. The monoisotopic (exact) mass is 591 g/mol. The second-order valence-corrected chi connectivity index (χ2v) is 12.7. The van der Waals surface area contributed by atoms with Gasteiger partial charge in [0.25, 0.3) is 5.91 Å². The van der Waals surface area contributed by atoms with Gasteiger partial charge in [-0.2, -0.15) is 0 Å². The van der Waals surface area contributed by atoms with Gasteiger partial charge in [0.05, 0.1) is 6.04 Å². The Bertz CT molecular complexity index is 1040. The predicted molar refractivity (Wildman–Crippen MR) is 158 cm³/mol. The van der Waals surface area contributed by atoms with E-state index in [0.717, 1.165) is 6.42 Å². The van der Waals surface area contributed by atoms with Crippen LogP contribution in [-0.2, 0) is 28.7 Å². The maximum Gasteiger partial charge on any atom is 0.325 e. The number of nitrogens with one attached hydrogen (secondary N) is 4. The van der Waals surface area contributed by atoms with Crippen molar-refractivity contribution in [3.05, 3.63) is 0 Å². The van der Waals surface area contributed by atoms with Gasteiger partial charge >= 0.3 is 12.0 Å². The summed E-state index contributed by atoms with van der Waals surface area (Å²) in [5, 5.41) is 10.3. The van der Waals surface area contributed by atoms with E-state index in [9.17, 15) is 28.8 Å². The summed E-state index contributed by atoms with van der Waals surface area (Å²) < 4.78 is 5.20. The Morgan fingerprint density at radius 1 is 1.02 bits per heavy atom. The highest BCUT2D eigenvalue weighted by molar-refractivity contribution is 6.38. The van der Waals surface area contributed by atoms with E-state index in [2.05, 4.69) is 27.2 Å². The van der Waals surface area contributed by atoms with Crippen LogP contribution in [0.1, 0.15) is 87.5 Å². The lowest BCUT2D eigenvalue weighted by molar-refractivity contribution is -0.153. The predicted octanol–water partition coefficient (Wildman–Crippen LogP) is 1.66. The van der Waals surface area contributed by atoms with Gasteiger partial charge in [-0.3, -0.25) is 24.0 Å². The minimum Gasteiger partial charge on any atom is -0.459 e. The van der Waals surface area contributed by atoms with Gasteiger partial charge in [-0.05, 0) is 44.9 Å². The van der Waals surface area contributed by atoms with Crippen molar-refractivity contribution < 1.29 is 33.5 Å². The van der Waals surface area contributed by atoms with Gasteiger partial charge in [0.1, 0.15) is 24.2 Å². The van der Waals surface area contributed by atoms with Crippen LogP contribution >= 0.6 is 0 Å². The molecule has 5 amide bonds.